The molecular weight excluding hydrogens is 366 g/mol. The van der Waals surface area contributed by atoms with Crippen molar-refractivity contribution in [2.45, 2.75) is 26.2 Å². The fourth-order valence-corrected chi connectivity index (χ4v) is 4.00. The molecule has 1 unspecified atom stereocenters. The van der Waals surface area contributed by atoms with Crippen molar-refractivity contribution in [1.29, 1.82) is 0 Å². The third kappa shape index (κ3) is 4.36. The fraction of sp³-hybridized carbons (Fsp3) is 0.391. The molecule has 2 aliphatic heterocycles. The summed E-state index contributed by atoms with van der Waals surface area (Å²) in [5, 5.41) is 2.91. The number of carbonyl (C=O) groups excluding carboxylic acids is 2. The molecule has 6 heteroatoms. The van der Waals surface area contributed by atoms with Crippen molar-refractivity contribution in [1.82, 2.24) is 0 Å². The number of nitrogens with zero attached hydrogens (tertiary/aromatic N) is 2. The topological polar surface area (TPSA) is 61.9 Å². The zero-order chi connectivity index (χ0) is 20.2. The first kappa shape index (κ1) is 19.3. The van der Waals surface area contributed by atoms with Crippen LogP contribution in [0.3, 0.4) is 0 Å². The summed E-state index contributed by atoms with van der Waals surface area (Å²) in [4.78, 5) is 29.2. The number of hydrogen-bond donors (Lipinski definition) is 1. The summed E-state index contributed by atoms with van der Waals surface area (Å²) in [6.07, 6.45) is 2.70. The van der Waals surface area contributed by atoms with Crippen LogP contribution in [-0.4, -0.2) is 38.1 Å². The molecule has 2 heterocycles. The first-order valence-corrected chi connectivity index (χ1v) is 10.3. The Morgan fingerprint density at radius 1 is 1.03 bits per heavy atom. The number of nitrogens with one attached hydrogen (secondary N) is 1. The summed E-state index contributed by atoms with van der Waals surface area (Å²) in [5.41, 5.74) is 2.76. The zero-order valence-electron chi connectivity index (χ0n) is 16.8. The third-order valence-electron chi connectivity index (χ3n) is 5.56. The van der Waals surface area contributed by atoms with Gasteiger partial charge in [0.2, 0.25) is 11.8 Å². The van der Waals surface area contributed by atoms with Crippen molar-refractivity contribution in [3.8, 4) is 5.75 Å². The van der Waals surface area contributed by atoms with Gasteiger partial charge in [0.25, 0.3) is 0 Å². The Labute approximate surface area is 171 Å². The molecule has 6 nitrogen and oxygen atoms in total. The van der Waals surface area contributed by atoms with Gasteiger partial charge in [0, 0.05) is 43.1 Å². The Balaban J connectivity index is 1.37. The Kier molecular flexibility index (Phi) is 5.69. The first-order chi connectivity index (χ1) is 14.1. The van der Waals surface area contributed by atoms with E-state index in [0.29, 0.717) is 18.8 Å². The van der Waals surface area contributed by atoms with E-state index in [4.69, 9.17) is 4.74 Å². The van der Waals surface area contributed by atoms with Gasteiger partial charge in [-0.3, -0.25) is 9.59 Å². The van der Waals surface area contributed by atoms with E-state index >= 15 is 0 Å². The van der Waals surface area contributed by atoms with E-state index in [2.05, 4.69) is 22.3 Å². The molecule has 2 saturated heterocycles. The summed E-state index contributed by atoms with van der Waals surface area (Å²) in [6.45, 7) is 5.12. The van der Waals surface area contributed by atoms with E-state index in [-0.39, 0.29) is 24.2 Å². The van der Waals surface area contributed by atoms with Crippen LogP contribution in [0, 0.1) is 5.92 Å². The van der Waals surface area contributed by atoms with E-state index < -0.39 is 0 Å². The van der Waals surface area contributed by atoms with Gasteiger partial charge in [-0.05, 0) is 68.3 Å². The van der Waals surface area contributed by atoms with E-state index in [0.717, 1.165) is 24.5 Å². The average Bonchev–Trinajstić information content (AvgIpc) is 3.40. The minimum absolute atomic E-state index is 0.00855. The molecule has 2 amide bonds. The highest BCUT2D eigenvalue weighted by Crippen LogP contribution is 2.29. The molecule has 4 rings (SSSR count). The predicted octanol–water partition coefficient (Wildman–Crippen LogP) is 3.68. The minimum atomic E-state index is -0.354. The maximum atomic E-state index is 12.6. The molecule has 2 aromatic carbocycles. The number of rotatable bonds is 6. The van der Waals surface area contributed by atoms with E-state index in [1.165, 1.54) is 18.5 Å². The number of amides is 2. The van der Waals surface area contributed by atoms with Gasteiger partial charge in [-0.15, -0.1) is 0 Å². The number of benzene rings is 2. The summed E-state index contributed by atoms with van der Waals surface area (Å²) >= 11 is 0. The highest BCUT2D eigenvalue weighted by atomic mass is 16.5. The minimum Gasteiger partial charge on any atom is -0.494 e. The van der Waals surface area contributed by atoms with Crippen molar-refractivity contribution in [2.24, 2.45) is 5.92 Å². The Bertz CT molecular complexity index is 858. The predicted molar refractivity (Wildman–Crippen MR) is 115 cm³/mol. The summed E-state index contributed by atoms with van der Waals surface area (Å²) in [5.74, 6) is 0.280. The van der Waals surface area contributed by atoms with Crippen LogP contribution in [0.15, 0.2) is 48.5 Å². The zero-order valence-corrected chi connectivity index (χ0v) is 16.8. The highest BCUT2D eigenvalue weighted by molar-refractivity contribution is 6.03. The maximum Gasteiger partial charge on any atom is 0.229 e. The monoisotopic (exact) mass is 393 g/mol. The fourth-order valence-electron chi connectivity index (χ4n) is 4.00. The van der Waals surface area contributed by atoms with Gasteiger partial charge < -0.3 is 19.9 Å². The molecule has 0 aliphatic carbocycles. The molecule has 0 saturated carbocycles. The summed E-state index contributed by atoms with van der Waals surface area (Å²) in [6, 6.07) is 15.4. The van der Waals surface area contributed by atoms with Crippen molar-refractivity contribution in [2.75, 3.05) is 41.4 Å². The van der Waals surface area contributed by atoms with Crippen molar-refractivity contribution in [3.05, 3.63) is 48.5 Å². The number of carbonyl (C=O) groups is 2. The Morgan fingerprint density at radius 2 is 1.69 bits per heavy atom. The van der Waals surface area contributed by atoms with Crippen LogP contribution in [0.5, 0.6) is 5.75 Å². The average molecular weight is 393 g/mol. The summed E-state index contributed by atoms with van der Waals surface area (Å²) in [7, 11) is 0. The standard InChI is InChI=1S/C23H27N3O3/c1-2-29-21-11-5-18(6-12-21)24-23(28)17-15-22(27)26(16-17)20-9-7-19(8-10-20)25-13-3-4-14-25/h5-12,17H,2-4,13-16H2,1H3,(H,24,28). The molecule has 2 aromatic rings. The van der Waals surface area contributed by atoms with Crippen molar-refractivity contribution < 1.29 is 14.3 Å². The van der Waals surface area contributed by atoms with Gasteiger partial charge in [-0.2, -0.15) is 0 Å². The Hall–Kier alpha value is -3.02. The van der Waals surface area contributed by atoms with Crippen LogP contribution in [0.1, 0.15) is 26.2 Å². The smallest absolute Gasteiger partial charge is 0.229 e. The lowest BCUT2D eigenvalue weighted by Crippen LogP contribution is -2.28. The molecule has 0 bridgehead atoms. The second-order valence-electron chi connectivity index (χ2n) is 7.56. The van der Waals surface area contributed by atoms with Gasteiger partial charge in [-0.1, -0.05) is 0 Å². The molecule has 29 heavy (non-hydrogen) atoms. The van der Waals surface area contributed by atoms with Gasteiger partial charge in [0.05, 0.1) is 12.5 Å². The number of anilines is 3. The van der Waals surface area contributed by atoms with E-state index in [1.54, 1.807) is 4.90 Å². The molecule has 1 atom stereocenters. The van der Waals surface area contributed by atoms with Crippen LogP contribution >= 0.6 is 0 Å². The summed E-state index contributed by atoms with van der Waals surface area (Å²) < 4.78 is 5.42. The lowest BCUT2D eigenvalue weighted by Gasteiger charge is -2.20. The number of ether oxygens (including phenoxy) is 1. The van der Waals surface area contributed by atoms with E-state index in [9.17, 15) is 9.59 Å². The molecule has 0 radical (unpaired) electrons. The van der Waals surface area contributed by atoms with Crippen LogP contribution < -0.4 is 19.9 Å². The maximum absolute atomic E-state index is 12.6. The van der Waals surface area contributed by atoms with Gasteiger partial charge in [0.1, 0.15) is 5.75 Å². The molecule has 2 fully saturated rings. The Morgan fingerprint density at radius 3 is 2.34 bits per heavy atom. The lowest BCUT2D eigenvalue weighted by atomic mass is 10.1. The van der Waals surface area contributed by atoms with Gasteiger partial charge in [0.15, 0.2) is 0 Å². The van der Waals surface area contributed by atoms with Crippen LogP contribution in [-0.2, 0) is 9.59 Å². The lowest BCUT2D eigenvalue weighted by molar-refractivity contribution is -0.122. The SMILES string of the molecule is CCOc1ccc(NC(=O)C2CC(=O)N(c3ccc(N4CCCC4)cc3)C2)cc1. The van der Waals surface area contributed by atoms with Crippen molar-refractivity contribution in [3.63, 3.8) is 0 Å². The third-order valence-corrected chi connectivity index (χ3v) is 5.56. The molecular formula is C23H27N3O3. The molecule has 2 aliphatic rings. The van der Waals surface area contributed by atoms with Crippen LogP contribution in [0.25, 0.3) is 0 Å². The normalized spacial score (nSPS) is 18.9. The van der Waals surface area contributed by atoms with Crippen LogP contribution in [0.4, 0.5) is 17.1 Å². The molecule has 1 N–H and O–H groups in total. The van der Waals surface area contributed by atoms with Gasteiger partial charge >= 0.3 is 0 Å². The number of hydrogen-bond acceptors (Lipinski definition) is 4. The second kappa shape index (κ2) is 8.55. The molecule has 0 spiro atoms. The van der Waals surface area contributed by atoms with Gasteiger partial charge in [-0.25, -0.2) is 0 Å². The van der Waals surface area contributed by atoms with Crippen LogP contribution in [0.2, 0.25) is 0 Å². The van der Waals surface area contributed by atoms with E-state index in [1.807, 2.05) is 43.3 Å². The quantitative estimate of drug-likeness (QED) is 0.813. The highest BCUT2D eigenvalue weighted by Gasteiger charge is 2.35. The first-order valence-electron chi connectivity index (χ1n) is 10.3. The van der Waals surface area contributed by atoms with Crippen molar-refractivity contribution >= 4 is 28.9 Å². The largest absolute Gasteiger partial charge is 0.494 e. The second-order valence-corrected chi connectivity index (χ2v) is 7.56. The molecule has 152 valence electrons. The molecule has 0 aromatic heterocycles.